The Bertz CT molecular complexity index is 1190. The Morgan fingerprint density at radius 2 is 2.00 bits per heavy atom. The van der Waals surface area contributed by atoms with Crippen molar-refractivity contribution < 1.29 is 4.39 Å². The zero-order chi connectivity index (χ0) is 22.5. The van der Waals surface area contributed by atoms with Gasteiger partial charge in [-0.3, -0.25) is 0 Å². The van der Waals surface area contributed by atoms with Gasteiger partial charge in [-0.2, -0.15) is 5.26 Å². The fourth-order valence-corrected chi connectivity index (χ4v) is 5.25. The molecular formula is C22H20FN7S2. The number of hydrogen-bond donors (Lipinski definition) is 2. The van der Waals surface area contributed by atoms with E-state index in [1.54, 1.807) is 12.1 Å². The number of benzene rings is 1. The minimum atomic E-state index is -0.292. The summed E-state index contributed by atoms with van der Waals surface area (Å²) in [5, 5.41) is 16.2. The van der Waals surface area contributed by atoms with Crippen molar-refractivity contribution in [3.8, 4) is 6.07 Å². The lowest BCUT2D eigenvalue weighted by atomic mass is 10.1. The Balaban J connectivity index is 1.54. The first-order valence-corrected chi connectivity index (χ1v) is 11.9. The van der Waals surface area contributed by atoms with Crippen LogP contribution in [0.5, 0.6) is 0 Å². The summed E-state index contributed by atoms with van der Waals surface area (Å²) in [7, 11) is 0. The lowest BCUT2D eigenvalue weighted by Gasteiger charge is -2.31. The first-order valence-electron chi connectivity index (χ1n) is 10.0. The number of aromatic nitrogens is 2. The molecule has 1 aromatic carbocycles. The molecular weight excluding hydrogens is 445 g/mol. The number of piperidine rings is 1. The summed E-state index contributed by atoms with van der Waals surface area (Å²) in [5.41, 5.74) is 8.94. The number of pyridine rings is 1. The van der Waals surface area contributed by atoms with E-state index in [2.05, 4.69) is 31.1 Å². The summed E-state index contributed by atoms with van der Waals surface area (Å²) < 4.78 is 13.1. The molecule has 0 atom stereocenters. The number of halogens is 1. The average Bonchev–Trinajstić information content (AvgIpc) is 3.26. The van der Waals surface area contributed by atoms with E-state index in [1.165, 1.54) is 35.2 Å². The Labute approximate surface area is 193 Å². The van der Waals surface area contributed by atoms with Crippen LogP contribution in [0.2, 0.25) is 0 Å². The molecule has 0 saturated carbocycles. The number of thiazole rings is 1. The fraction of sp³-hybridized carbons (Fsp3) is 0.273. The molecule has 3 aromatic rings. The number of nitrogens with two attached hydrogens (primary N) is 1. The van der Waals surface area contributed by atoms with Crippen LogP contribution in [0.15, 0.2) is 34.7 Å². The lowest BCUT2D eigenvalue weighted by Crippen LogP contribution is -2.30. The van der Waals surface area contributed by atoms with Crippen molar-refractivity contribution in [3.63, 3.8) is 0 Å². The highest BCUT2D eigenvalue weighted by Crippen LogP contribution is 2.42. The maximum absolute atomic E-state index is 13.1. The van der Waals surface area contributed by atoms with E-state index < -0.39 is 0 Å². The first-order chi connectivity index (χ1) is 15.6. The van der Waals surface area contributed by atoms with Crippen LogP contribution < -0.4 is 16.0 Å². The van der Waals surface area contributed by atoms with Crippen molar-refractivity contribution in [3.05, 3.63) is 58.1 Å². The number of nitriles is 1. The third-order valence-electron chi connectivity index (χ3n) is 5.04. The summed E-state index contributed by atoms with van der Waals surface area (Å²) in [6.07, 6.45) is 3.19. The van der Waals surface area contributed by atoms with E-state index in [-0.39, 0.29) is 17.3 Å². The quantitative estimate of drug-likeness (QED) is 0.356. The molecule has 1 fully saturated rings. The highest BCUT2D eigenvalue weighted by molar-refractivity contribution is 7.98. The number of anilines is 4. The third-order valence-corrected chi connectivity index (χ3v) is 6.85. The van der Waals surface area contributed by atoms with Gasteiger partial charge in [-0.25, -0.2) is 19.2 Å². The number of nitrogens with zero attached hydrogens (tertiary/aromatic N) is 5. The van der Waals surface area contributed by atoms with Crippen LogP contribution in [-0.2, 0) is 5.75 Å². The molecule has 1 aliphatic heterocycles. The number of nitrogens with one attached hydrogen (secondary N) is 1. The van der Waals surface area contributed by atoms with Gasteiger partial charge in [-0.05, 0) is 43.5 Å². The summed E-state index contributed by atoms with van der Waals surface area (Å²) >= 11 is 2.82. The molecule has 2 aromatic heterocycles. The minimum Gasteiger partial charge on any atom is -0.392 e. The van der Waals surface area contributed by atoms with Gasteiger partial charge in [0.05, 0.1) is 23.5 Å². The third kappa shape index (κ3) is 4.77. The molecule has 0 radical (unpaired) electrons. The van der Waals surface area contributed by atoms with Crippen LogP contribution in [0.25, 0.3) is 4.85 Å². The average molecular weight is 466 g/mol. The summed E-state index contributed by atoms with van der Waals surface area (Å²) in [6, 6.07) is 8.33. The number of nitrogen functional groups attached to an aromatic ring is 1. The van der Waals surface area contributed by atoms with Gasteiger partial charge in [-0.1, -0.05) is 11.8 Å². The van der Waals surface area contributed by atoms with Gasteiger partial charge in [0.1, 0.15) is 22.7 Å². The van der Waals surface area contributed by atoms with Gasteiger partial charge >= 0.3 is 0 Å². The molecule has 0 aliphatic carbocycles. The van der Waals surface area contributed by atoms with Gasteiger partial charge in [0.25, 0.3) is 5.69 Å². The predicted octanol–water partition coefficient (Wildman–Crippen LogP) is 5.71. The largest absolute Gasteiger partial charge is 0.392 e. The Morgan fingerprint density at radius 3 is 2.69 bits per heavy atom. The maximum atomic E-state index is 13.1. The first kappa shape index (κ1) is 21.9. The van der Waals surface area contributed by atoms with E-state index in [9.17, 15) is 9.65 Å². The fourth-order valence-electron chi connectivity index (χ4n) is 3.53. The van der Waals surface area contributed by atoms with Crippen LogP contribution >= 0.6 is 23.1 Å². The standard InChI is InChI=1S/C22H20FN7S2/c1-26-18-19(30-9-3-2-4-10-30)17(11-24)21(29-20(18)25)31-12-16-13-32-22(28-16)27-15-7-5-14(23)6-8-15/h5-8,13H,2-4,9-10,12H2,(H2,25,29)(H,27,28). The van der Waals surface area contributed by atoms with Gasteiger partial charge < -0.3 is 16.0 Å². The monoisotopic (exact) mass is 465 g/mol. The van der Waals surface area contributed by atoms with Crippen LogP contribution in [-0.4, -0.2) is 23.1 Å². The second-order valence-corrected chi connectivity index (χ2v) is 9.03. The van der Waals surface area contributed by atoms with E-state index in [0.717, 1.165) is 43.7 Å². The second-order valence-electron chi connectivity index (χ2n) is 7.21. The molecule has 4 rings (SSSR count). The number of rotatable bonds is 6. The van der Waals surface area contributed by atoms with Gasteiger partial charge in [-0.15, -0.1) is 11.3 Å². The van der Waals surface area contributed by atoms with Crippen molar-refractivity contribution in [1.29, 1.82) is 5.26 Å². The van der Waals surface area contributed by atoms with Crippen molar-refractivity contribution >= 4 is 51.1 Å². The molecule has 0 spiro atoms. The van der Waals surface area contributed by atoms with E-state index in [4.69, 9.17) is 12.3 Å². The Morgan fingerprint density at radius 1 is 1.25 bits per heavy atom. The van der Waals surface area contributed by atoms with E-state index in [0.29, 0.717) is 27.2 Å². The second kappa shape index (κ2) is 9.86. The number of hydrogen-bond acceptors (Lipinski definition) is 8. The van der Waals surface area contributed by atoms with Crippen molar-refractivity contribution in [2.45, 2.75) is 30.0 Å². The molecule has 162 valence electrons. The van der Waals surface area contributed by atoms with Crippen LogP contribution in [0, 0.1) is 23.7 Å². The SMILES string of the molecule is [C-]#[N+]c1c(N)nc(SCc2csc(Nc3ccc(F)cc3)n2)c(C#N)c1N1CCCCC1. The zero-order valence-electron chi connectivity index (χ0n) is 17.1. The Hall–Kier alpha value is -3.34. The van der Waals surface area contributed by atoms with Crippen molar-refractivity contribution in [2.75, 3.05) is 29.0 Å². The van der Waals surface area contributed by atoms with E-state index in [1.807, 2.05) is 5.38 Å². The highest BCUT2D eigenvalue weighted by atomic mass is 32.2. The molecule has 10 heteroatoms. The van der Waals surface area contributed by atoms with E-state index >= 15 is 0 Å². The normalized spacial score (nSPS) is 13.4. The molecule has 7 nitrogen and oxygen atoms in total. The maximum Gasteiger partial charge on any atom is 0.251 e. The highest BCUT2D eigenvalue weighted by Gasteiger charge is 2.25. The molecule has 0 amide bonds. The molecule has 0 bridgehead atoms. The molecule has 3 heterocycles. The molecule has 1 aliphatic rings. The van der Waals surface area contributed by atoms with Gasteiger partial charge in [0.15, 0.2) is 5.13 Å². The van der Waals surface area contributed by atoms with Crippen LogP contribution in [0.1, 0.15) is 30.5 Å². The molecule has 1 saturated heterocycles. The topological polar surface area (TPSA) is 95.2 Å². The van der Waals surface area contributed by atoms with Gasteiger partial charge in [0, 0.05) is 29.9 Å². The van der Waals surface area contributed by atoms with Gasteiger partial charge in [0.2, 0.25) is 0 Å². The summed E-state index contributed by atoms with van der Waals surface area (Å²) in [5.74, 6) is 0.360. The lowest BCUT2D eigenvalue weighted by molar-refractivity contribution is 0.577. The van der Waals surface area contributed by atoms with Crippen LogP contribution in [0.4, 0.5) is 32.4 Å². The van der Waals surface area contributed by atoms with Crippen LogP contribution in [0.3, 0.4) is 0 Å². The minimum absolute atomic E-state index is 0.152. The molecule has 3 N–H and O–H groups in total. The zero-order valence-corrected chi connectivity index (χ0v) is 18.8. The smallest absolute Gasteiger partial charge is 0.251 e. The summed E-state index contributed by atoms with van der Waals surface area (Å²) in [4.78, 5) is 14.6. The molecule has 32 heavy (non-hydrogen) atoms. The summed E-state index contributed by atoms with van der Waals surface area (Å²) in [6.45, 7) is 9.16. The van der Waals surface area contributed by atoms with Crippen molar-refractivity contribution in [1.82, 2.24) is 9.97 Å². The van der Waals surface area contributed by atoms with Crippen molar-refractivity contribution in [2.24, 2.45) is 0 Å². The Kier molecular flexibility index (Phi) is 6.74. The predicted molar refractivity (Wildman–Crippen MR) is 127 cm³/mol. The molecule has 0 unspecified atom stereocenters. The number of thioether (sulfide) groups is 1.